The third kappa shape index (κ3) is 10.4. The summed E-state index contributed by atoms with van der Waals surface area (Å²) in [5, 5.41) is 0. The van der Waals surface area contributed by atoms with Crippen molar-refractivity contribution in [3.8, 4) is 0 Å². The van der Waals surface area contributed by atoms with Crippen LogP contribution in [0.25, 0.3) is 0 Å². The summed E-state index contributed by atoms with van der Waals surface area (Å²) in [6, 6.07) is 0. The van der Waals surface area contributed by atoms with Gasteiger partial charge in [-0.15, -0.1) is 0 Å². The molecule has 0 rings (SSSR count). The van der Waals surface area contributed by atoms with Gasteiger partial charge in [-0.3, -0.25) is 0 Å². The van der Waals surface area contributed by atoms with Gasteiger partial charge in [-0.05, 0) is 0 Å². The van der Waals surface area contributed by atoms with Gasteiger partial charge in [0.1, 0.15) is 0 Å². The molecular formula is C18H34O2Sn. The molecule has 0 aromatic rings. The number of carbonyl (C=O) groups excluding carboxylic acids is 1. The zero-order valence-electron chi connectivity index (χ0n) is 14.5. The predicted octanol–water partition coefficient (Wildman–Crippen LogP) is 5.50. The van der Waals surface area contributed by atoms with Gasteiger partial charge in [0.25, 0.3) is 0 Å². The van der Waals surface area contributed by atoms with Gasteiger partial charge in [-0.25, -0.2) is 0 Å². The summed E-state index contributed by atoms with van der Waals surface area (Å²) in [5.74, 6) is -0.159. The zero-order chi connectivity index (χ0) is 16.0. The minimum absolute atomic E-state index is 0.159. The first-order valence-corrected chi connectivity index (χ1v) is 11.8. The number of unbranched alkanes of at least 4 members (excludes halogenated alkanes) is 3. The molecule has 3 heteroatoms. The van der Waals surface area contributed by atoms with E-state index in [1.165, 1.54) is 57.8 Å². The van der Waals surface area contributed by atoms with Crippen LogP contribution in [-0.4, -0.2) is 33.7 Å². The van der Waals surface area contributed by atoms with Crippen molar-refractivity contribution in [2.45, 2.75) is 88.9 Å². The Balaban J connectivity index is 4.73. The van der Waals surface area contributed by atoms with Crippen molar-refractivity contribution in [3.05, 3.63) is 10.2 Å². The first-order chi connectivity index (χ1) is 10.1. The summed E-state index contributed by atoms with van der Waals surface area (Å²) in [7, 11) is 0. The molecule has 2 radical (unpaired) electrons. The maximum atomic E-state index is 11.5. The molecule has 0 aliphatic rings. The monoisotopic (exact) mass is 402 g/mol. The Morgan fingerprint density at radius 3 is 1.81 bits per heavy atom. The van der Waals surface area contributed by atoms with E-state index in [-0.39, 0.29) is 5.97 Å². The fourth-order valence-corrected chi connectivity index (χ4v) is 7.00. The van der Waals surface area contributed by atoms with Gasteiger partial charge in [-0.2, -0.15) is 0 Å². The first kappa shape index (κ1) is 21.0. The second kappa shape index (κ2) is 13.7. The third-order valence-electron chi connectivity index (χ3n) is 3.92. The minimum atomic E-state index is -0.698. The van der Waals surface area contributed by atoms with Gasteiger partial charge in [0, 0.05) is 0 Å². The Labute approximate surface area is 142 Å². The third-order valence-corrected chi connectivity index (χ3v) is 8.76. The standard InChI is InChI=1S/C13H27.C5H7O2.Sn/c1-4-7-10-13(11-8-5-2)12-9-6-3;1-3-5(6)7-4-2;/h4-12H2,1-3H3;1,3H,4H2,2H3;. The average molecular weight is 401 g/mol. The van der Waals surface area contributed by atoms with Crippen molar-refractivity contribution in [1.29, 1.82) is 0 Å². The Morgan fingerprint density at radius 1 is 0.952 bits per heavy atom. The molecule has 0 fully saturated rings. The second-order valence-electron chi connectivity index (χ2n) is 5.82. The number of esters is 1. The zero-order valence-corrected chi connectivity index (χ0v) is 17.4. The fourth-order valence-electron chi connectivity index (χ4n) is 2.61. The van der Waals surface area contributed by atoms with Crippen molar-refractivity contribution >= 4 is 27.1 Å². The van der Waals surface area contributed by atoms with Gasteiger partial charge in [0.05, 0.1) is 0 Å². The number of rotatable bonds is 13. The van der Waals surface area contributed by atoms with Crippen molar-refractivity contribution in [2.75, 3.05) is 6.61 Å². The molecule has 0 aromatic carbocycles. The predicted molar refractivity (Wildman–Crippen MR) is 92.8 cm³/mol. The Bertz CT molecular complexity index is 265. The molecule has 0 N–H and O–H groups in total. The number of hydrogen-bond donors (Lipinski definition) is 0. The van der Waals surface area contributed by atoms with E-state index in [1.807, 2.05) is 6.92 Å². The molecule has 0 aliphatic heterocycles. The molecule has 2 nitrogen and oxygen atoms in total. The number of ether oxygens (including phenoxy) is 1. The van der Waals surface area contributed by atoms with E-state index in [9.17, 15) is 4.79 Å². The Hall–Kier alpha value is 0.00870. The van der Waals surface area contributed by atoms with Crippen LogP contribution in [0.3, 0.4) is 0 Å². The van der Waals surface area contributed by atoms with E-state index in [0.29, 0.717) is 10.0 Å². The summed E-state index contributed by atoms with van der Waals surface area (Å²) < 4.78 is 7.79. The van der Waals surface area contributed by atoms with Gasteiger partial charge in [0.15, 0.2) is 0 Å². The van der Waals surface area contributed by atoms with Crippen LogP contribution in [0.1, 0.15) is 85.5 Å². The quantitative estimate of drug-likeness (QED) is 0.232. The van der Waals surface area contributed by atoms with Crippen LogP contribution in [0, 0.1) is 0 Å². The summed E-state index contributed by atoms with van der Waals surface area (Å²) in [5.41, 5.74) is 0. The molecule has 0 bridgehead atoms. The van der Waals surface area contributed by atoms with Crippen molar-refractivity contribution in [3.63, 3.8) is 0 Å². The van der Waals surface area contributed by atoms with E-state index >= 15 is 0 Å². The molecule has 0 amide bonds. The summed E-state index contributed by atoms with van der Waals surface area (Å²) in [6.07, 6.45) is 13.6. The van der Waals surface area contributed by atoms with Crippen LogP contribution < -0.4 is 0 Å². The molecule has 0 saturated carbocycles. The van der Waals surface area contributed by atoms with Crippen LogP contribution in [0.4, 0.5) is 0 Å². The van der Waals surface area contributed by atoms with Gasteiger partial charge in [-0.1, -0.05) is 0 Å². The molecule has 0 saturated heterocycles. The van der Waals surface area contributed by atoms with Crippen molar-refractivity contribution in [2.24, 2.45) is 0 Å². The van der Waals surface area contributed by atoms with Crippen molar-refractivity contribution < 1.29 is 9.53 Å². The molecule has 122 valence electrons. The fraction of sp³-hybridized carbons (Fsp3) is 0.833. The van der Waals surface area contributed by atoms with Gasteiger partial charge < -0.3 is 0 Å². The maximum absolute atomic E-state index is 11.5. The van der Waals surface area contributed by atoms with Crippen LogP contribution in [-0.2, 0) is 9.53 Å². The Morgan fingerprint density at radius 2 is 1.43 bits per heavy atom. The molecular weight excluding hydrogens is 367 g/mol. The van der Waals surface area contributed by atoms with Crippen LogP contribution in [0.2, 0.25) is 3.43 Å². The summed E-state index contributed by atoms with van der Waals surface area (Å²) in [4.78, 5) is 11.5. The molecule has 21 heavy (non-hydrogen) atoms. The van der Waals surface area contributed by atoms with E-state index in [0.717, 1.165) is 0 Å². The van der Waals surface area contributed by atoms with Crippen molar-refractivity contribution in [1.82, 2.24) is 0 Å². The summed E-state index contributed by atoms with van der Waals surface area (Å²) >= 11 is -0.698. The molecule has 0 spiro atoms. The first-order valence-electron chi connectivity index (χ1n) is 8.75. The van der Waals surface area contributed by atoms with E-state index in [4.69, 9.17) is 4.74 Å². The molecule has 0 heterocycles. The van der Waals surface area contributed by atoms with E-state index in [1.54, 1.807) is 6.08 Å². The molecule has 0 aromatic heterocycles. The van der Waals surface area contributed by atoms with Crippen LogP contribution in [0.5, 0.6) is 0 Å². The van der Waals surface area contributed by atoms with E-state index in [2.05, 4.69) is 24.9 Å². The SMILES string of the molecule is CCCC[C](CCCC)(CCCC)[Sn][CH]=CC(=O)OCC. The topological polar surface area (TPSA) is 26.3 Å². The van der Waals surface area contributed by atoms with Crippen LogP contribution in [0.15, 0.2) is 10.2 Å². The molecule has 0 aliphatic carbocycles. The average Bonchev–Trinajstić information content (AvgIpc) is 2.48. The van der Waals surface area contributed by atoms with E-state index < -0.39 is 21.1 Å². The second-order valence-corrected chi connectivity index (χ2v) is 10.6. The van der Waals surface area contributed by atoms with Crippen LogP contribution >= 0.6 is 0 Å². The molecule has 0 atom stereocenters. The number of hydrogen-bond acceptors (Lipinski definition) is 2. The van der Waals surface area contributed by atoms with Gasteiger partial charge in [0.2, 0.25) is 0 Å². The van der Waals surface area contributed by atoms with Gasteiger partial charge >= 0.3 is 142 Å². The normalized spacial score (nSPS) is 12.0. The number of carbonyl (C=O) groups is 1. The molecule has 0 unspecified atom stereocenters. The summed E-state index contributed by atoms with van der Waals surface area (Å²) in [6.45, 7) is 9.18. The Kier molecular flexibility index (Phi) is 13.7.